The van der Waals surface area contributed by atoms with Gasteiger partial charge < -0.3 is 33.6 Å². The largest absolute Gasteiger partial charge is 0.472 e. The molecule has 0 amide bonds. The van der Waals surface area contributed by atoms with Crippen molar-refractivity contribution in [2.75, 3.05) is 13.2 Å². The van der Waals surface area contributed by atoms with Crippen molar-refractivity contribution < 1.29 is 28.4 Å². The molecule has 6 rings (SSSR count). The van der Waals surface area contributed by atoms with Crippen molar-refractivity contribution in [1.29, 1.82) is 0 Å². The van der Waals surface area contributed by atoms with E-state index in [4.69, 9.17) is 30.5 Å². The van der Waals surface area contributed by atoms with Crippen LogP contribution in [0.4, 0.5) is 4.39 Å². The standard InChI is InChI=1S/C21H19ClFN5O5/c1-28-3-2-9-10(12(23)5-24-19(9)28)6-32-20-11(22)4-13-18(26-20)27-21(25-13)33-15-8-31-16-14(29)7-30-17(15)16/h2-5,14-17,29H,6-8H2,1H3,(H,25,26,27)/t14-,15-,16-,17?/m1/s1. The SMILES string of the molecule is Cn1ccc2c(COc3nc4nc(O[C@@H]5CO[C@H]6C5OC[C@H]6O)[nH]c4cc3Cl)c(F)cnc21. The summed E-state index contributed by atoms with van der Waals surface area (Å²) >= 11 is 6.35. The smallest absolute Gasteiger partial charge is 0.296 e. The molecule has 4 aromatic heterocycles. The Morgan fingerprint density at radius 1 is 1.30 bits per heavy atom. The predicted molar refractivity (Wildman–Crippen MR) is 114 cm³/mol. The number of aryl methyl sites for hydroxylation is 1. The number of fused-ring (bicyclic) bond motifs is 3. The van der Waals surface area contributed by atoms with E-state index in [1.165, 1.54) is 6.20 Å². The summed E-state index contributed by atoms with van der Waals surface area (Å²) in [5.74, 6) is -0.355. The van der Waals surface area contributed by atoms with Gasteiger partial charge in [-0.2, -0.15) is 9.97 Å². The summed E-state index contributed by atoms with van der Waals surface area (Å²) in [6.45, 7) is 0.404. The number of H-pyrrole nitrogens is 1. The van der Waals surface area contributed by atoms with E-state index in [2.05, 4.69) is 19.9 Å². The lowest BCUT2D eigenvalue weighted by atomic mass is 10.1. The monoisotopic (exact) mass is 475 g/mol. The third-order valence-corrected chi connectivity index (χ3v) is 6.20. The average Bonchev–Trinajstić information content (AvgIpc) is 3.54. The van der Waals surface area contributed by atoms with Crippen LogP contribution in [0.3, 0.4) is 0 Å². The fourth-order valence-corrected chi connectivity index (χ4v) is 4.46. The van der Waals surface area contributed by atoms with Gasteiger partial charge in [-0.05, 0) is 12.1 Å². The molecule has 172 valence electrons. The number of ether oxygens (including phenoxy) is 4. The Hall–Kier alpha value is -2.99. The van der Waals surface area contributed by atoms with Gasteiger partial charge in [-0.1, -0.05) is 11.6 Å². The molecule has 0 radical (unpaired) electrons. The lowest BCUT2D eigenvalue weighted by Gasteiger charge is -2.15. The Labute approximate surface area is 191 Å². The summed E-state index contributed by atoms with van der Waals surface area (Å²) in [6.07, 6.45) is 1.12. The van der Waals surface area contributed by atoms with E-state index in [0.29, 0.717) is 27.8 Å². The molecule has 0 saturated carbocycles. The fraction of sp³-hybridized carbons (Fsp3) is 0.381. The van der Waals surface area contributed by atoms with Crippen molar-refractivity contribution in [3.63, 3.8) is 0 Å². The Bertz CT molecular complexity index is 1360. The highest BCUT2D eigenvalue weighted by Gasteiger charge is 2.48. The molecule has 2 fully saturated rings. The number of aliphatic hydroxyl groups is 1. The molecular weight excluding hydrogens is 457 g/mol. The number of hydrogen-bond donors (Lipinski definition) is 2. The van der Waals surface area contributed by atoms with Crippen LogP contribution in [0, 0.1) is 5.82 Å². The molecule has 0 bridgehead atoms. The second kappa shape index (κ2) is 7.80. The van der Waals surface area contributed by atoms with Crippen molar-refractivity contribution in [3.8, 4) is 11.9 Å². The van der Waals surface area contributed by atoms with E-state index in [0.717, 1.165) is 0 Å². The van der Waals surface area contributed by atoms with E-state index in [9.17, 15) is 9.50 Å². The molecule has 12 heteroatoms. The van der Waals surface area contributed by atoms with Gasteiger partial charge in [-0.3, -0.25) is 0 Å². The molecule has 33 heavy (non-hydrogen) atoms. The maximum Gasteiger partial charge on any atom is 0.296 e. The molecule has 4 atom stereocenters. The molecule has 2 aliphatic heterocycles. The molecule has 6 heterocycles. The minimum absolute atomic E-state index is 0.0803. The van der Waals surface area contributed by atoms with Crippen molar-refractivity contribution in [2.24, 2.45) is 7.05 Å². The van der Waals surface area contributed by atoms with Crippen LogP contribution in [0.5, 0.6) is 11.9 Å². The summed E-state index contributed by atoms with van der Waals surface area (Å²) < 4.78 is 39.0. The summed E-state index contributed by atoms with van der Waals surface area (Å²) in [6, 6.07) is 3.62. The maximum atomic E-state index is 14.4. The number of pyridine rings is 2. The Balaban J connectivity index is 1.22. The van der Waals surface area contributed by atoms with Crippen molar-refractivity contribution >= 4 is 33.8 Å². The number of nitrogens with zero attached hydrogens (tertiary/aromatic N) is 4. The zero-order valence-electron chi connectivity index (χ0n) is 17.4. The Kier molecular flexibility index (Phi) is 4.87. The number of nitrogens with one attached hydrogen (secondary N) is 1. The second-order valence-electron chi connectivity index (χ2n) is 8.05. The van der Waals surface area contributed by atoms with Gasteiger partial charge in [0.15, 0.2) is 11.8 Å². The number of imidazole rings is 1. The third kappa shape index (κ3) is 3.48. The summed E-state index contributed by atoms with van der Waals surface area (Å²) in [4.78, 5) is 15.8. The molecule has 10 nitrogen and oxygen atoms in total. The molecule has 1 unspecified atom stereocenters. The molecule has 2 saturated heterocycles. The summed E-state index contributed by atoms with van der Waals surface area (Å²) in [5, 5.41) is 10.8. The molecule has 2 aliphatic rings. The van der Waals surface area contributed by atoms with Gasteiger partial charge in [0.25, 0.3) is 6.01 Å². The summed E-state index contributed by atoms with van der Waals surface area (Å²) in [5.41, 5.74) is 1.88. The first-order chi connectivity index (χ1) is 16.0. The molecule has 0 spiro atoms. The molecule has 0 aliphatic carbocycles. The van der Waals surface area contributed by atoms with Gasteiger partial charge >= 0.3 is 0 Å². The predicted octanol–water partition coefficient (Wildman–Crippen LogP) is 2.12. The van der Waals surface area contributed by atoms with Crippen LogP contribution in [0.1, 0.15) is 5.56 Å². The third-order valence-electron chi connectivity index (χ3n) is 5.92. The van der Waals surface area contributed by atoms with Crippen LogP contribution in [0.15, 0.2) is 24.5 Å². The van der Waals surface area contributed by atoms with E-state index in [1.54, 1.807) is 22.9 Å². The van der Waals surface area contributed by atoms with Crippen LogP contribution in [-0.4, -0.2) is 67.2 Å². The van der Waals surface area contributed by atoms with Gasteiger partial charge in [-0.15, -0.1) is 0 Å². The number of rotatable bonds is 5. The number of aromatic nitrogens is 5. The first kappa shape index (κ1) is 20.6. The van der Waals surface area contributed by atoms with E-state index < -0.39 is 24.1 Å². The van der Waals surface area contributed by atoms with Crippen molar-refractivity contribution in [2.45, 2.75) is 31.0 Å². The van der Waals surface area contributed by atoms with Crippen LogP contribution >= 0.6 is 11.6 Å². The molecule has 0 aromatic carbocycles. The Morgan fingerprint density at radius 2 is 2.15 bits per heavy atom. The quantitative estimate of drug-likeness (QED) is 0.451. The highest BCUT2D eigenvalue weighted by atomic mass is 35.5. The topological polar surface area (TPSA) is 117 Å². The zero-order chi connectivity index (χ0) is 22.7. The van der Waals surface area contributed by atoms with Crippen LogP contribution in [0.2, 0.25) is 5.02 Å². The van der Waals surface area contributed by atoms with Gasteiger partial charge in [0, 0.05) is 24.2 Å². The maximum absolute atomic E-state index is 14.4. The molecule has 2 N–H and O–H groups in total. The Morgan fingerprint density at radius 3 is 3.03 bits per heavy atom. The lowest BCUT2D eigenvalue weighted by molar-refractivity contribution is 0.00706. The molecular formula is C21H19ClFN5O5. The summed E-state index contributed by atoms with van der Waals surface area (Å²) in [7, 11) is 1.83. The van der Waals surface area contributed by atoms with E-state index >= 15 is 0 Å². The van der Waals surface area contributed by atoms with E-state index in [-0.39, 0.29) is 42.8 Å². The second-order valence-corrected chi connectivity index (χ2v) is 8.45. The zero-order valence-corrected chi connectivity index (χ0v) is 18.1. The minimum atomic E-state index is -0.665. The molecule has 4 aromatic rings. The number of halogens is 2. The van der Waals surface area contributed by atoms with Gasteiger partial charge in [0.2, 0.25) is 5.88 Å². The number of aliphatic hydroxyl groups excluding tert-OH is 1. The highest BCUT2D eigenvalue weighted by Crippen LogP contribution is 2.32. The first-order valence-corrected chi connectivity index (χ1v) is 10.7. The van der Waals surface area contributed by atoms with Crippen molar-refractivity contribution in [1.82, 2.24) is 24.5 Å². The average molecular weight is 476 g/mol. The van der Waals surface area contributed by atoms with Gasteiger partial charge in [0.1, 0.15) is 41.4 Å². The van der Waals surface area contributed by atoms with Gasteiger partial charge in [-0.25, -0.2) is 9.37 Å². The minimum Gasteiger partial charge on any atom is -0.472 e. The number of hydrogen-bond acceptors (Lipinski definition) is 8. The van der Waals surface area contributed by atoms with Crippen LogP contribution in [0.25, 0.3) is 22.2 Å². The van der Waals surface area contributed by atoms with Gasteiger partial charge in [0.05, 0.1) is 24.9 Å². The highest BCUT2D eigenvalue weighted by molar-refractivity contribution is 6.32. The number of aromatic amines is 1. The normalized spacial score (nSPS) is 24.6. The lowest BCUT2D eigenvalue weighted by Crippen LogP contribution is -2.34. The van der Waals surface area contributed by atoms with Crippen molar-refractivity contribution in [3.05, 3.63) is 40.9 Å². The fourth-order valence-electron chi connectivity index (χ4n) is 4.25. The van der Waals surface area contributed by atoms with E-state index in [1.807, 2.05) is 7.05 Å². The first-order valence-electron chi connectivity index (χ1n) is 10.3. The van der Waals surface area contributed by atoms with Crippen LogP contribution < -0.4 is 9.47 Å². The van der Waals surface area contributed by atoms with Crippen LogP contribution in [-0.2, 0) is 23.1 Å².